The molecule has 1 atom stereocenters. The number of benzene rings is 1. The fourth-order valence-electron chi connectivity index (χ4n) is 3.53. The monoisotopic (exact) mass is 449 g/mol. The Balaban J connectivity index is 1.61. The van der Waals surface area contributed by atoms with Crippen LogP contribution in [0.2, 0.25) is 10.0 Å². The first-order chi connectivity index (χ1) is 13.6. The van der Waals surface area contributed by atoms with Gasteiger partial charge in [0, 0.05) is 28.1 Å². The van der Waals surface area contributed by atoms with E-state index in [1.165, 1.54) is 28.8 Å². The Morgan fingerprint density at radius 2 is 2.18 bits per heavy atom. The lowest BCUT2D eigenvalue weighted by Crippen LogP contribution is -2.10. The number of halogens is 2. The molecule has 146 valence electrons. The molecule has 3 nitrogen and oxygen atoms in total. The molecule has 0 unspecified atom stereocenters. The topological polar surface area (TPSA) is 30.7 Å². The van der Waals surface area contributed by atoms with Gasteiger partial charge in [0.05, 0.1) is 10.0 Å². The molecule has 4 rings (SSSR count). The van der Waals surface area contributed by atoms with Gasteiger partial charge in [0.15, 0.2) is 11.0 Å². The van der Waals surface area contributed by atoms with Gasteiger partial charge >= 0.3 is 0 Å². The van der Waals surface area contributed by atoms with Crippen molar-refractivity contribution in [3.05, 3.63) is 62.3 Å². The molecule has 0 amide bonds. The number of aromatic nitrogens is 3. The summed E-state index contributed by atoms with van der Waals surface area (Å²) in [6.45, 7) is 6.94. The molecule has 0 bridgehead atoms. The maximum atomic E-state index is 6.14. The van der Waals surface area contributed by atoms with Crippen molar-refractivity contribution in [2.24, 2.45) is 5.92 Å². The van der Waals surface area contributed by atoms with E-state index in [0.717, 1.165) is 34.6 Å². The third kappa shape index (κ3) is 4.04. The highest BCUT2D eigenvalue weighted by Crippen LogP contribution is 2.38. The van der Waals surface area contributed by atoms with Crippen LogP contribution in [0.1, 0.15) is 29.3 Å². The standard InChI is InChI=1S/C21H21Cl2N3S2/c1-3-8-26-20(16-12-27-19-9-13(2)4-6-15(16)19)24-25-21(26)28-11-14-5-7-17(22)18(23)10-14/h3,5,7,10,12-13H,1,4,6,8-9,11H2,2H3/t13-/m1/s1. The van der Waals surface area contributed by atoms with Crippen molar-refractivity contribution in [2.75, 3.05) is 0 Å². The summed E-state index contributed by atoms with van der Waals surface area (Å²) in [7, 11) is 0. The van der Waals surface area contributed by atoms with Crippen molar-refractivity contribution in [3.63, 3.8) is 0 Å². The van der Waals surface area contributed by atoms with E-state index in [9.17, 15) is 0 Å². The lowest BCUT2D eigenvalue weighted by atomic mass is 9.88. The van der Waals surface area contributed by atoms with E-state index in [0.29, 0.717) is 16.6 Å². The molecule has 0 N–H and O–H groups in total. The van der Waals surface area contributed by atoms with Crippen molar-refractivity contribution in [2.45, 2.75) is 43.6 Å². The van der Waals surface area contributed by atoms with Gasteiger partial charge in [-0.2, -0.15) is 0 Å². The number of nitrogens with zero attached hydrogens (tertiary/aromatic N) is 3. The largest absolute Gasteiger partial charge is 0.298 e. The number of hydrogen-bond acceptors (Lipinski definition) is 4. The molecule has 0 radical (unpaired) electrons. The Morgan fingerprint density at radius 3 is 2.96 bits per heavy atom. The molecular formula is C21H21Cl2N3S2. The van der Waals surface area contributed by atoms with Gasteiger partial charge < -0.3 is 0 Å². The molecule has 0 fully saturated rings. The number of fused-ring (bicyclic) bond motifs is 1. The fraction of sp³-hybridized carbons (Fsp3) is 0.333. The summed E-state index contributed by atoms with van der Waals surface area (Å²) >= 11 is 15.7. The summed E-state index contributed by atoms with van der Waals surface area (Å²) in [5.41, 5.74) is 3.81. The molecule has 2 aromatic heterocycles. The minimum atomic E-state index is 0.573. The number of allylic oxidation sites excluding steroid dienone is 1. The molecule has 0 saturated carbocycles. The molecule has 2 heterocycles. The SMILES string of the molecule is C=CCn1c(SCc2ccc(Cl)c(Cl)c2)nnc1-c1csc2c1CC[C@@H](C)C2. The average Bonchev–Trinajstić information content (AvgIpc) is 3.26. The summed E-state index contributed by atoms with van der Waals surface area (Å²) in [6, 6.07) is 5.73. The first-order valence-electron chi connectivity index (χ1n) is 9.27. The van der Waals surface area contributed by atoms with E-state index in [1.807, 2.05) is 35.6 Å². The van der Waals surface area contributed by atoms with Gasteiger partial charge in [-0.15, -0.1) is 28.1 Å². The summed E-state index contributed by atoms with van der Waals surface area (Å²) in [6.07, 6.45) is 5.44. The first-order valence-corrected chi connectivity index (χ1v) is 11.9. The molecule has 1 aromatic carbocycles. The lowest BCUT2D eigenvalue weighted by Gasteiger charge is -2.19. The van der Waals surface area contributed by atoms with E-state index < -0.39 is 0 Å². The van der Waals surface area contributed by atoms with E-state index in [1.54, 1.807) is 11.8 Å². The van der Waals surface area contributed by atoms with Crippen molar-refractivity contribution in [1.82, 2.24) is 14.8 Å². The van der Waals surface area contributed by atoms with Crippen molar-refractivity contribution < 1.29 is 0 Å². The van der Waals surface area contributed by atoms with Gasteiger partial charge in [0.2, 0.25) is 0 Å². The molecule has 0 spiro atoms. The summed E-state index contributed by atoms with van der Waals surface area (Å²) in [4.78, 5) is 1.51. The van der Waals surface area contributed by atoms with Crippen LogP contribution in [0.3, 0.4) is 0 Å². The van der Waals surface area contributed by atoms with Crippen molar-refractivity contribution >= 4 is 46.3 Å². The van der Waals surface area contributed by atoms with Crippen LogP contribution >= 0.6 is 46.3 Å². The van der Waals surface area contributed by atoms with E-state index in [2.05, 4.69) is 33.6 Å². The maximum Gasteiger partial charge on any atom is 0.192 e. The Morgan fingerprint density at radius 1 is 1.32 bits per heavy atom. The lowest BCUT2D eigenvalue weighted by molar-refractivity contribution is 0.508. The van der Waals surface area contributed by atoms with E-state index in [-0.39, 0.29) is 0 Å². The average molecular weight is 450 g/mol. The molecule has 28 heavy (non-hydrogen) atoms. The molecule has 7 heteroatoms. The highest BCUT2D eigenvalue weighted by Gasteiger charge is 2.24. The number of hydrogen-bond donors (Lipinski definition) is 0. The highest BCUT2D eigenvalue weighted by molar-refractivity contribution is 7.98. The van der Waals surface area contributed by atoms with Crippen LogP contribution in [0, 0.1) is 5.92 Å². The molecule has 1 aliphatic rings. The number of thioether (sulfide) groups is 1. The molecule has 0 aliphatic heterocycles. The van der Waals surface area contributed by atoms with Gasteiger partial charge in [0.1, 0.15) is 0 Å². The van der Waals surface area contributed by atoms with Gasteiger partial charge in [-0.3, -0.25) is 4.57 Å². The van der Waals surface area contributed by atoms with E-state index in [4.69, 9.17) is 23.2 Å². The summed E-state index contributed by atoms with van der Waals surface area (Å²) in [5.74, 6) is 2.47. The summed E-state index contributed by atoms with van der Waals surface area (Å²) < 4.78 is 2.16. The smallest absolute Gasteiger partial charge is 0.192 e. The minimum Gasteiger partial charge on any atom is -0.298 e. The van der Waals surface area contributed by atoms with Crippen LogP contribution in [-0.2, 0) is 25.1 Å². The second-order valence-electron chi connectivity index (χ2n) is 7.14. The Hall–Kier alpha value is -1.27. The van der Waals surface area contributed by atoms with Gasteiger partial charge in [-0.05, 0) is 48.4 Å². The molecule has 1 aliphatic carbocycles. The third-order valence-electron chi connectivity index (χ3n) is 5.02. The fourth-order valence-corrected chi connectivity index (χ4v) is 5.98. The van der Waals surface area contributed by atoms with Gasteiger partial charge in [-0.1, -0.05) is 54.0 Å². The van der Waals surface area contributed by atoms with Crippen molar-refractivity contribution in [3.8, 4) is 11.4 Å². The Labute approximate surface area is 183 Å². The van der Waals surface area contributed by atoms with Crippen LogP contribution in [-0.4, -0.2) is 14.8 Å². The summed E-state index contributed by atoms with van der Waals surface area (Å²) in [5, 5.41) is 13.3. The van der Waals surface area contributed by atoms with Crippen LogP contribution in [0.15, 0.2) is 41.4 Å². The zero-order valence-electron chi connectivity index (χ0n) is 15.6. The van der Waals surface area contributed by atoms with E-state index >= 15 is 0 Å². The molecule has 3 aromatic rings. The molecule has 0 saturated heterocycles. The highest BCUT2D eigenvalue weighted by atomic mass is 35.5. The Kier molecular flexibility index (Phi) is 6.16. The second kappa shape index (κ2) is 8.62. The zero-order chi connectivity index (χ0) is 19.7. The second-order valence-corrected chi connectivity index (χ2v) is 9.86. The zero-order valence-corrected chi connectivity index (χ0v) is 18.8. The van der Waals surface area contributed by atoms with Gasteiger partial charge in [-0.25, -0.2) is 0 Å². The third-order valence-corrected chi connectivity index (χ3v) is 7.85. The normalized spacial score (nSPS) is 16.2. The van der Waals surface area contributed by atoms with Crippen LogP contribution in [0.4, 0.5) is 0 Å². The number of rotatable bonds is 6. The first kappa shape index (κ1) is 20.0. The Bertz CT molecular complexity index is 1010. The predicted octanol–water partition coefficient (Wildman–Crippen LogP) is 6.92. The maximum absolute atomic E-state index is 6.14. The van der Waals surface area contributed by atoms with Crippen molar-refractivity contribution in [1.29, 1.82) is 0 Å². The van der Waals surface area contributed by atoms with Crippen LogP contribution in [0.5, 0.6) is 0 Å². The minimum absolute atomic E-state index is 0.573. The van der Waals surface area contributed by atoms with Crippen LogP contribution < -0.4 is 0 Å². The van der Waals surface area contributed by atoms with Gasteiger partial charge in [0.25, 0.3) is 0 Å². The molecular weight excluding hydrogens is 429 g/mol. The predicted molar refractivity (Wildman–Crippen MR) is 121 cm³/mol. The van der Waals surface area contributed by atoms with Crippen LogP contribution in [0.25, 0.3) is 11.4 Å². The number of thiophene rings is 1. The quantitative estimate of drug-likeness (QED) is 0.302.